The Labute approximate surface area is 108 Å². The van der Waals surface area contributed by atoms with Gasteiger partial charge in [-0.3, -0.25) is 0 Å². The van der Waals surface area contributed by atoms with Crippen LogP contribution in [0.15, 0.2) is 5.51 Å². The van der Waals surface area contributed by atoms with Crippen LogP contribution in [0.1, 0.15) is 44.2 Å². The smallest absolute Gasteiger partial charge is 0.0798 e. The van der Waals surface area contributed by atoms with Crippen LogP contribution in [-0.4, -0.2) is 22.2 Å². The van der Waals surface area contributed by atoms with Crippen LogP contribution in [0.5, 0.6) is 0 Å². The van der Waals surface area contributed by atoms with E-state index < -0.39 is 5.60 Å². The van der Waals surface area contributed by atoms with Crippen LogP contribution in [0.2, 0.25) is 0 Å². The number of hydrogen-bond donors (Lipinski definition) is 2. The van der Waals surface area contributed by atoms with Gasteiger partial charge in [-0.05, 0) is 32.6 Å². The largest absolute Gasteiger partial charge is 0.389 e. The summed E-state index contributed by atoms with van der Waals surface area (Å²) in [5, 5.41) is 13.5. The van der Waals surface area contributed by atoms with E-state index in [1.807, 2.05) is 19.4 Å². The zero-order valence-electron chi connectivity index (χ0n) is 11.3. The molecule has 0 aliphatic carbocycles. The summed E-state index contributed by atoms with van der Waals surface area (Å²) < 4.78 is 0. The van der Waals surface area contributed by atoms with Gasteiger partial charge in [0.25, 0.3) is 0 Å². The molecule has 3 nitrogen and oxygen atoms in total. The lowest BCUT2D eigenvalue weighted by molar-refractivity contribution is 0.0451. The van der Waals surface area contributed by atoms with Crippen molar-refractivity contribution < 1.29 is 5.11 Å². The highest BCUT2D eigenvalue weighted by atomic mass is 32.1. The number of aryl methyl sites for hydroxylation is 1. The van der Waals surface area contributed by atoms with Gasteiger partial charge in [0.2, 0.25) is 0 Å². The Hall–Kier alpha value is -0.450. The first kappa shape index (κ1) is 14.6. The maximum atomic E-state index is 10.2. The average Bonchev–Trinajstić information content (AvgIpc) is 2.62. The third-order valence-corrected chi connectivity index (χ3v) is 3.83. The van der Waals surface area contributed by atoms with Crippen LogP contribution in [0, 0.1) is 12.8 Å². The van der Waals surface area contributed by atoms with E-state index in [2.05, 4.69) is 24.1 Å². The molecular formula is C13H24N2OS. The molecule has 0 bridgehead atoms. The van der Waals surface area contributed by atoms with Gasteiger partial charge in [0.15, 0.2) is 0 Å². The fourth-order valence-electron chi connectivity index (χ4n) is 1.63. The predicted molar refractivity (Wildman–Crippen MR) is 73.3 cm³/mol. The molecule has 0 saturated heterocycles. The third-order valence-electron chi connectivity index (χ3n) is 2.90. The molecule has 0 aromatic carbocycles. The first-order valence-electron chi connectivity index (χ1n) is 6.23. The monoisotopic (exact) mass is 256 g/mol. The standard InChI is InChI=1S/C13H24N2OS/c1-10(2)5-6-13(4,16)8-14-7-12-11(3)15-9-17-12/h9-10,14,16H,5-8H2,1-4H3. The molecule has 2 N–H and O–H groups in total. The Bertz CT molecular complexity index is 334. The lowest BCUT2D eigenvalue weighted by Crippen LogP contribution is -2.37. The summed E-state index contributed by atoms with van der Waals surface area (Å²) in [6.45, 7) is 9.73. The molecule has 1 unspecified atom stereocenters. The van der Waals surface area contributed by atoms with Crippen LogP contribution in [0.4, 0.5) is 0 Å². The fourth-order valence-corrected chi connectivity index (χ4v) is 2.38. The van der Waals surface area contributed by atoms with E-state index in [0.29, 0.717) is 12.5 Å². The Morgan fingerprint density at radius 1 is 1.53 bits per heavy atom. The maximum Gasteiger partial charge on any atom is 0.0798 e. The van der Waals surface area contributed by atoms with Gasteiger partial charge in [0.05, 0.1) is 16.8 Å². The predicted octanol–water partition coefficient (Wildman–Crippen LogP) is 2.73. The highest BCUT2D eigenvalue weighted by molar-refractivity contribution is 7.09. The SMILES string of the molecule is Cc1ncsc1CNCC(C)(O)CCC(C)C. The highest BCUT2D eigenvalue weighted by Crippen LogP contribution is 2.16. The summed E-state index contributed by atoms with van der Waals surface area (Å²) in [5.74, 6) is 0.644. The van der Waals surface area contributed by atoms with Crippen molar-refractivity contribution in [3.63, 3.8) is 0 Å². The summed E-state index contributed by atoms with van der Waals surface area (Å²) in [6, 6.07) is 0. The molecule has 1 atom stereocenters. The summed E-state index contributed by atoms with van der Waals surface area (Å²) in [6.07, 6.45) is 1.91. The van der Waals surface area contributed by atoms with Crippen LogP contribution < -0.4 is 5.32 Å². The Kier molecular flexibility index (Phi) is 5.56. The summed E-state index contributed by atoms with van der Waals surface area (Å²) in [7, 11) is 0. The lowest BCUT2D eigenvalue weighted by Gasteiger charge is -2.24. The normalized spacial score (nSPS) is 15.2. The Balaban J connectivity index is 2.27. The van der Waals surface area contributed by atoms with Crippen LogP contribution in [0.25, 0.3) is 0 Å². The molecule has 0 aliphatic heterocycles. The molecule has 0 fully saturated rings. The third kappa shape index (κ3) is 5.61. The van der Waals surface area contributed by atoms with Gasteiger partial charge in [0.1, 0.15) is 0 Å². The van der Waals surface area contributed by atoms with Crippen molar-refractivity contribution in [2.24, 2.45) is 5.92 Å². The van der Waals surface area contributed by atoms with Crippen molar-refractivity contribution in [3.8, 4) is 0 Å². The van der Waals surface area contributed by atoms with Gasteiger partial charge >= 0.3 is 0 Å². The van der Waals surface area contributed by atoms with Crippen molar-refractivity contribution in [1.82, 2.24) is 10.3 Å². The highest BCUT2D eigenvalue weighted by Gasteiger charge is 2.20. The molecule has 1 aromatic heterocycles. The minimum atomic E-state index is -0.608. The molecule has 98 valence electrons. The van der Waals surface area contributed by atoms with Gasteiger partial charge in [-0.15, -0.1) is 11.3 Å². The van der Waals surface area contributed by atoms with E-state index in [1.165, 1.54) is 4.88 Å². The van der Waals surface area contributed by atoms with Crippen molar-refractivity contribution in [2.45, 2.75) is 52.7 Å². The van der Waals surface area contributed by atoms with E-state index in [1.54, 1.807) is 11.3 Å². The van der Waals surface area contributed by atoms with Crippen molar-refractivity contribution in [1.29, 1.82) is 0 Å². The molecule has 4 heteroatoms. The van der Waals surface area contributed by atoms with E-state index >= 15 is 0 Å². The van der Waals surface area contributed by atoms with Crippen LogP contribution in [0.3, 0.4) is 0 Å². The summed E-state index contributed by atoms with van der Waals surface area (Å²) in [5.41, 5.74) is 2.34. The maximum absolute atomic E-state index is 10.2. The van der Waals surface area contributed by atoms with E-state index in [9.17, 15) is 5.11 Å². The molecule has 1 rings (SSSR count). The van der Waals surface area contributed by atoms with Crippen molar-refractivity contribution >= 4 is 11.3 Å². The number of hydrogen-bond acceptors (Lipinski definition) is 4. The second kappa shape index (κ2) is 6.47. The van der Waals surface area contributed by atoms with Crippen molar-refractivity contribution in [3.05, 3.63) is 16.1 Å². The first-order chi connectivity index (χ1) is 7.91. The van der Waals surface area contributed by atoms with Crippen LogP contribution in [-0.2, 0) is 6.54 Å². The molecule has 0 aliphatic rings. The number of nitrogens with one attached hydrogen (secondary N) is 1. The minimum Gasteiger partial charge on any atom is -0.389 e. The topological polar surface area (TPSA) is 45.2 Å². The number of aromatic nitrogens is 1. The first-order valence-corrected chi connectivity index (χ1v) is 7.11. The van der Waals surface area contributed by atoms with E-state index in [4.69, 9.17) is 0 Å². The Morgan fingerprint density at radius 2 is 2.24 bits per heavy atom. The molecule has 17 heavy (non-hydrogen) atoms. The molecule has 0 saturated carbocycles. The number of rotatable bonds is 7. The zero-order chi connectivity index (χ0) is 12.9. The summed E-state index contributed by atoms with van der Waals surface area (Å²) in [4.78, 5) is 5.46. The molecule has 1 aromatic rings. The van der Waals surface area contributed by atoms with E-state index in [-0.39, 0.29) is 0 Å². The molecular weight excluding hydrogens is 232 g/mol. The van der Waals surface area contributed by atoms with Gasteiger partial charge in [-0.1, -0.05) is 13.8 Å². The zero-order valence-corrected chi connectivity index (χ0v) is 12.1. The average molecular weight is 256 g/mol. The van der Waals surface area contributed by atoms with Gasteiger partial charge in [0, 0.05) is 18.0 Å². The van der Waals surface area contributed by atoms with Gasteiger partial charge in [-0.2, -0.15) is 0 Å². The number of nitrogens with zero attached hydrogens (tertiary/aromatic N) is 1. The number of thiazole rings is 1. The molecule has 0 amide bonds. The molecule has 1 heterocycles. The fraction of sp³-hybridized carbons (Fsp3) is 0.769. The Morgan fingerprint density at radius 3 is 2.76 bits per heavy atom. The van der Waals surface area contributed by atoms with Crippen LogP contribution >= 0.6 is 11.3 Å². The second-order valence-corrected chi connectivity index (χ2v) is 6.33. The van der Waals surface area contributed by atoms with Gasteiger partial charge in [-0.25, -0.2) is 4.98 Å². The molecule has 0 spiro atoms. The summed E-state index contributed by atoms with van der Waals surface area (Å²) >= 11 is 1.66. The lowest BCUT2D eigenvalue weighted by atomic mass is 9.95. The van der Waals surface area contributed by atoms with Crippen molar-refractivity contribution in [2.75, 3.05) is 6.54 Å². The minimum absolute atomic E-state index is 0.608. The number of aliphatic hydroxyl groups is 1. The molecule has 0 radical (unpaired) electrons. The second-order valence-electron chi connectivity index (χ2n) is 5.39. The van der Waals surface area contributed by atoms with Gasteiger partial charge < -0.3 is 10.4 Å². The quantitative estimate of drug-likeness (QED) is 0.788. The van der Waals surface area contributed by atoms with E-state index in [0.717, 1.165) is 25.1 Å².